The molecule has 0 spiro atoms. The number of rotatable bonds is 3. The van der Waals surface area contributed by atoms with Crippen molar-refractivity contribution in [1.82, 2.24) is 14.8 Å². The summed E-state index contributed by atoms with van der Waals surface area (Å²) in [4.78, 5) is 33.5. The molecule has 4 rings (SSSR count). The summed E-state index contributed by atoms with van der Waals surface area (Å²) in [7, 11) is 0. The van der Waals surface area contributed by atoms with E-state index < -0.39 is 0 Å². The van der Waals surface area contributed by atoms with Gasteiger partial charge in [-0.05, 0) is 57.2 Å². The summed E-state index contributed by atoms with van der Waals surface area (Å²) in [5.41, 5.74) is 2.01. The van der Waals surface area contributed by atoms with Crippen molar-refractivity contribution in [2.45, 2.75) is 45.4 Å². The average molecular weight is 431 g/mol. The lowest BCUT2D eigenvalue weighted by atomic mass is 9.97. The topological polar surface area (TPSA) is 78.7 Å². The van der Waals surface area contributed by atoms with Gasteiger partial charge >= 0.3 is 6.03 Å². The van der Waals surface area contributed by atoms with Crippen LogP contribution in [0.3, 0.4) is 0 Å². The second-order valence-electron chi connectivity index (χ2n) is 8.06. The zero-order valence-corrected chi connectivity index (χ0v) is 18.2. The average Bonchev–Trinajstić information content (AvgIpc) is 3.41. The van der Waals surface area contributed by atoms with Gasteiger partial charge in [0.1, 0.15) is 5.76 Å². The summed E-state index contributed by atoms with van der Waals surface area (Å²) < 4.78 is 5.86. The van der Waals surface area contributed by atoms with Crippen molar-refractivity contribution in [1.29, 1.82) is 0 Å². The second kappa shape index (κ2) is 8.68. The molecule has 0 radical (unpaired) electrons. The van der Waals surface area contributed by atoms with E-state index in [0.29, 0.717) is 35.5 Å². The van der Waals surface area contributed by atoms with Crippen LogP contribution in [0.5, 0.6) is 0 Å². The molecule has 0 aliphatic carbocycles. The SMILES string of the molecule is Cc1oc(C2CCN(C(=O)Nc3cccc(Cl)c3C)CC2)nc1C(=O)N1CCCC1. The molecule has 2 aliphatic rings. The van der Waals surface area contributed by atoms with Crippen LogP contribution in [-0.2, 0) is 0 Å². The molecule has 2 aromatic rings. The van der Waals surface area contributed by atoms with Gasteiger partial charge in [0.15, 0.2) is 11.6 Å². The molecule has 3 heterocycles. The maximum atomic E-state index is 12.7. The summed E-state index contributed by atoms with van der Waals surface area (Å²) in [6.45, 7) is 6.48. The molecule has 30 heavy (non-hydrogen) atoms. The normalized spacial score (nSPS) is 17.4. The van der Waals surface area contributed by atoms with Gasteiger partial charge in [-0.3, -0.25) is 4.79 Å². The van der Waals surface area contributed by atoms with Crippen LogP contribution < -0.4 is 5.32 Å². The maximum Gasteiger partial charge on any atom is 0.321 e. The lowest BCUT2D eigenvalue weighted by Crippen LogP contribution is -2.40. The first-order valence-electron chi connectivity index (χ1n) is 10.5. The molecule has 0 saturated carbocycles. The largest absolute Gasteiger partial charge is 0.445 e. The molecule has 2 fully saturated rings. The molecule has 0 unspecified atom stereocenters. The fourth-order valence-corrected chi connectivity index (χ4v) is 4.30. The quantitative estimate of drug-likeness (QED) is 0.772. The Morgan fingerprint density at radius 3 is 2.50 bits per heavy atom. The summed E-state index contributed by atoms with van der Waals surface area (Å²) in [6, 6.07) is 5.34. The summed E-state index contributed by atoms with van der Waals surface area (Å²) in [6.07, 6.45) is 3.59. The highest BCUT2D eigenvalue weighted by Crippen LogP contribution is 2.30. The number of aryl methyl sites for hydroxylation is 1. The van der Waals surface area contributed by atoms with Gasteiger partial charge < -0.3 is 19.5 Å². The highest BCUT2D eigenvalue weighted by Gasteiger charge is 2.30. The summed E-state index contributed by atoms with van der Waals surface area (Å²) in [5.74, 6) is 1.27. The number of halogens is 1. The van der Waals surface area contributed by atoms with Gasteiger partial charge in [-0.2, -0.15) is 0 Å². The van der Waals surface area contributed by atoms with E-state index in [1.807, 2.05) is 24.0 Å². The van der Waals surface area contributed by atoms with E-state index in [-0.39, 0.29) is 17.9 Å². The summed E-state index contributed by atoms with van der Waals surface area (Å²) in [5, 5.41) is 3.58. The Balaban J connectivity index is 1.36. The Morgan fingerprint density at radius 1 is 1.10 bits per heavy atom. The molecule has 2 saturated heterocycles. The molecule has 2 aliphatic heterocycles. The van der Waals surface area contributed by atoms with Crippen LogP contribution in [-0.4, -0.2) is 52.9 Å². The Kier molecular flexibility index (Phi) is 5.99. The van der Waals surface area contributed by atoms with E-state index in [1.54, 1.807) is 17.9 Å². The number of carbonyl (C=O) groups is 2. The van der Waals surface area contributed by atoms with Crippen molar-refractivity contribution in [3.8, 4) is 0 Å². The minimum Gasteiger partial charge on any atom is -0.445 e. The third-order valence-corrected chi connectivity index (χ3v) is 6.46. The van der Waals surface area contributed by atoms with Gasteiger partial charge in [0.05, 0.1) is 0 Å². The third kappa shape index (κ3) is 4.17. The minimum atomic E-state index is -0.132. The minimum absolute atomic E-state index is 0.0336. The van der Waals surface area contributed by atoms with E-state index in [9.17, 15) is 9.59 Å². The summed E-state index contributed by atoms with van der Waals surface area (Å²) >= 11 is 6.14. The lowest BCUT2D eigenvalue weighted by Gasteiger charge is -2.30. The van der Waals surface area contributed by atoms with Crippen LogP contribution in [0.25, 0.3) is 0 Å². The fourth-order valence-electron chi connectivity index (χ4n) is 4.13. The van der Waals surface area contributed by atoms with Crippen LogP contribution >= 0.6 is 11.6 Å². The smallest absolute Gasteiger partial charge is 0.321 e. The predicted octanol–water partition coefficient (Wildman–Crippen LogP) is 4.59. The Bertz CT molecular complexity index is 944. The number of amides is 3. The number of hydrogen-bond donors (Lipinski definition) is 1. The van der Waals surface area contributed by atoms with Crippen molar-refractivity contribution >= 4 is 29.2 Å². The molecular weight excluding hydrogens is 404 g/mol. The number of benzene rings is 1. The number of carbonyl (C=O) groups excluding carboxylic acids is 2. The first-order chi connectivity index (χ1) is 14.4. The Hall–Kier alpha value is -2.54. The van der Waals surface area contributed by atoms with Crippen molar-refractivity contribution in [3.05, 3.63) is 46.1 Å². The van der Waals surface area contributed by atoms with Gasteiger partial charge in [-0.25, -0.2) is 9.78 Å². The van der Waals surface area contributed by atoms with Crippen LogP contribution in [0.15, 0.2) is 22.6 Å². The lowest BCUT2D eigenvalue weighted by molar-refractivity contribution is 0.0786. The standard InChI is InChI=1S/C22H27ClN4O3/c1-14-17(23)6-5-7-18(14)24-22(29)27-12-8-16(9-13-27)20-25-19(15(2)30-20)21(28)26-10-3-4-11-26/h5-7,16H,3-4,8-13H2,1-2H3,(H,24,29). The molecule has 0 bridgehead atoms. The number of anilines is 1. The molecule has 1 aromatic heterocycles. The van der Waals surface area contributed by atoms with Crippen molar-refractivity contribution in [2.24, 2.45) is 0 Å². The number of piperidine rings is 1. The Labute approximate surface area is 181 Å². The number of nitrogens with zero attached hydrogens (tertiary/aromatic N) is 3. The molecule has 1 N–H and O–H groups in total. The first kappa shape index (κ1) is 20.7. The fraction of sp³-hybridized carbons (Fsp3) is 0.500. The molecule has 3 amide bonds. The zero-order valence-electron chi connectivity index (χ0n) is 17.4. The van der Waals surface area contributed by atoms with E-state index >= 15 is 0 Å². The van der Waals surface area contributed by atoms with Crippen LogP contribution in [0.1, 0.15) is 59.3 Å². The second-order valence-corrected chi connectivity index (χ2v) is 8.47. The highest BCUT2D eigenvalue weighted by molar-refractivity contribution is 6.31. The number of hydrogen-bond acceptors (Lipinski definition) is 4. The van der Waals surface area contributed by atoms with Crippen LogP contribution in [0.2, 0.25) is 5.02 Å². The molecular formula is C22H27ClN4O3. The predicted molar refractivity (Wildman–Crippen MR) is 115 cm³/mol. The van der Waals surface area contributed by atoms with Crippen molar-refractivity contribution in [3.63, 3.8) is 0 Å². The maximum absolute atomic E-state index is 12.7. The number of nitrogens with one attached hydrogen (secondary N) is 1. The van der Waals surface area contributed by atoms with Gasteiger partial charge in [0.2, 0.25) is 0 Å². The van der Waals surface area contributed by atoms with E-state index in [0.717, 1.165) is 50.0 Å². The highest BCUT2D eigenvalue weighted by atomic mass is 35.5. The van der Waals surface area contributed by atoms with E-state index in [4.69, 9.17) is 16.0 Å². The number of urea groups is 1. The number of likely N-dealkylation sites (tertiary alicyclic amines) is 2. The molecule has 1 aromatic carbocycles. The van der Waals surface area contributed by atoms with Gasteiger partial charge in [0.25, 0.3) is 5.91 Å². The third-order valence-electron chi connectivity index (χ3n) is 6.05. The monoisotopic (exact) mass is 430 g/mol. The molecule has 0 atom stereocenters. The Morgan fingerprint density at radius 2 is 1.80 bits per heavy atom. The van der Waals surface area contributed by atoms with Crippen molar-refractivity contribution < 1.29 is 14.0 Å². The van der Waals surface area contributed by atoms with Crippen LogP contribution in [0, 0.1) is 13.8 Å². The van der Waals surface area contributed by atoms with Crippen molar-refractivity contribution in [2.75, 3.05) is 31.5 Å². The van der Waals surface area contributed by atoms with E-state index in [2.05, 4.69) is 10.3 Å². The zero-order chi connectivity index (χ0) is 21.3. The number of oxazole rings is 1. The number of aromatic nitrogens is 1. The van der Waals surface area contributed by atoms with Gasteiger partial charge in [0, 0.05) is 42.8 Å². The first-order valence-corrected chi connectivity index (χ1v) is 10.9. The van der Waals surface area contributed by atoms with Gasteiger partial charge in [-0.15, -0.1) is 0 Å². The molecule has 7 nitrogen and oxygen atoms in total. The van der Waals surface area contributed by atoms with E-state index in [1.165, 1.54) is 0 Å². The molecule has 8 heteroatoms. The van der Waals surface area contributed by atoms with Gasteiger partial charge in [-0.1, -0.05) is 17.7 Å². The molecule has 160 valence electrons. The van der Waals surface area contributed by atoms with Crippen LogP contribution in [0.4, 0.5) is 10.5 Å².